The van der Waals surface area contributed by atoms with Crippen LogP contribution < -0.4 is 40.4 Å². The second-order valence-electron chi connectivity index (χ2n) is 11.5. The topological polar surface area (TPSA) is 132 Å². The number of carboxylic acids is 1. The average molecular weight is 662 g/mol. The Morgan fingerprint density at radius 3 is 1.92 bits per heavy atom. The van der Waals surface area contributed by atoms with Crippen molar-refractivity contribution in [2.24, 2.45) is 0 Å². The van der Waals surface area contributed by atoms with Crippen LogP contribution in [0.1, 0.15) is 24.5 Å². The van der Waals surface area contributed by atoms with Gasteiger partial charge in [-0.25, -0.2) is 9.13 Å². The number of pyridine rings is 2. The van der Waals surface area contributed by atoms with E-state index in [0.29, 0.717) is 23.5 Å². The van der Waals surface area contributed by atoms with Gasteiger partial charge in [-0.3, -0.25) is 20.4 Å². The Kier molecular flexibility index (Phi) is 12.7. The van der Waals surface area contributed by atoms with Gasteiger partial charge in [0, 0.05) is 47.1 Å². The first-order valence-corrected chi connectivity index (χ1v) is 16.1. The Balaban J connectivity index is 1.15. The molecule has 4 N–H and O–H groups in total. The van der Waals surface area contributed by atoms with E-state index in [-0.39, 0.29) is 19.2 Å². The lowest BCUT2D eigenvalue weighted by molar-refractivity contribution is -0.688. The molecule has 2 heterocycles. The Labute approximate surface area is 286 Å². The zero-order valence-corrected chi connectivity index (χ0v) is 27.3. The second-order valence-corrected chi connectivity index (χ2v) is 11.5. The number of carboxylic acid groups (broad SMARTS) is 1. The smallest absolute Gasteiger partial charge is 0.241 e. The molecular formula is C38H41N6O5+. The zero-order chi connectivity index (χ0) is 34.3. The van der Waals surface area contributed by atoms with Crippen molar-refractivity contribution >= 4 is 28.9 Å². The highest BCUT2D eigenvalue weighted by Gasteiger charge is 2.19. The van der Waals surface area contributed by atoms with E-state index in [1.54, 1.807) is 24.3 Å². The van der Waals surface area contributed by atoms with E-state index in [1.807, 2.05) is 90.0 Å². The summed E-state index contributed by atoms with van der Waals surface area (Å²) < 4.78 is 9.98. The van der Waals surface area contributed by atoms with Crippen molar-refractivity contribution < 1.29 is 33.4 Å². The highest BCUT2D eigenvalue weighted by Crippen LogP contribution is 2.18. The maximum absolute atomic E-state index is 13.4. The van der Waals surface area contributed by atoms with Gasteiger partial charge in [0.25, 0.3) is 0 Å². The molecule has 252 valence electrons. The maximum atomic E-state index is 13.4. The first-order chi connectivity index (χ1) is 23.9. The summed E-state index contributed by atoms with van der Waals surface area (Å²) in [5.74, 6) is -0.949. The van der Waals surface area contributed by atoms with Crippen LogP contribution in [0.3, 0.4) is 0 Å². The number of benzene rings is 3. The summed E-state index contributed by atoms with van der Waals surface area (Å²) in [5, 5.41) is 20.1. The van der Waals surface area contributed by atoms with Gasteiger partial charge >= 0.3 is 0 Å². The number of aromatic nitrogens is 2. The highest BCUT2D eigenvalue weighted by atomic mass is 16.6. The Morgan fingerprint density at radius 2 is 1.33 bits per heavy atom. The van der Waals surface area contributed by atoms with Crippen LogP contribution in [0.2, 0.25) is 0 Å². The summed E-state index contributed by atoms with van der Waals surface area (Å²) in [7, 11) is 0. The van der Waals surface area contributed by atoms with Gasteiger partial charge < -0.3 is 25.3 Å². The molecule has 0 fully saturated rings. The van der Waals surface area contributed by atoms with E-state index < -0.39 is 18.1 Å². The van der Waals surface area contributed by atoms with Crippen LogP contribution in [-0.2, 0) is 27.5 Å². The van der Waals surface area contributed by atoms with Crippen LogP contribution >= 0.6 is 0 Å². The number of hydrogen-bond donors (Lipinski definition) is 4. The number of carbonyl (C=O) groups excluding carboxylic acids is 2. The molecule has 0 spiro atoms. The molecule has 0 radical (unpaired) electrons. The molecule has 2 unspecified atom stereocenters. The number of nitrogens with one attached hydrogen (secondary N) is 4. The molecule has 49 heavy (non-hydrogen) atoms. The number of rotatable bonds is 18. The molecule has 1 amide bonds. The number of ether oxygens (including phenoxy) is 1. The third-order valence-corrected chi connectivity index (χ3v) is 7.62. The third kappa shape index (κ3) is 11.5. The van der Waals surface area contributed by atoms with Gasteiger partial charge in [0.15, 0.2) is 37.9 Å². The number of nitrogens with zero attached hydrogens (tertiary/aromatic N) is 2. The van der Waals surface area contributed by atoms with E-state index >= 15 is 0 Å². The molecule has 2 atom stereocenters. The first kappa shape index (κ1) is 34.6. The van der Waals surface area contributed by atoms with Crippen molar-refractivity contribution in [3.63, 3.8) is 0 Å². The lowest BCUT2D eigenvalue weighted by Crippen LogP contribution is -2.43. The standard InChI is InChI=1S/C38H40N6O5/c1-29(38(46)47)40-34-13-8-14-35(25-34)48-28-39-36(37(45)41-32-15-20-43(21-16-32)26-30-9-4-2-5-10-30)19-24-49-42-33-17-22-44(23-18-33)27-31-11-6-3-7-12-31/h2-18,20-23,25,29,36,39-40H,19,24,26-28H2,1H3,(H,46,47)/p+1. The monoisotopic (exact) mass is 661 g/mol. The van der Waals surface area contributed by atoms with E-state index in [2.05, 4.69) is 50.3 Å². The van der Waals surface area contributed by atoms with Gasteiger partial charge in [-0.2, -0.15) is 0 Å². The highest BCUT2D eigenvalue weighted by molar-refractivity contribution is 5.94. The van der Waals surface area contributed by atoms with E-state index in [4.69, 9.17) is 9.57 Å². The minimum absolute atomic E-state index is 0.0248. The molecule has 0 bridgehead atoms. The number of hydrogen-bond acceptors (Lipinski definition) is 8. The molecule has 11 heteroatoms. The summed E-state index contributed by atoms with van der Waals surface area (Å²) in [6, 6.07) is 33.3. The molecule has 11 nitrogen and oxygen atoms in total. The lowest BCUT2D eigenvalue weighted by Gasteiger charge is -2.20. The summed E-state index contributed by atoms with van der Waals surface area (Å²) in [6.45, 7) is 3.24. The molecule has 3 aromatic carbocycles. The SMILES string of the molecule is CC(Nc1cccc(OCNC(CCONc2cc[n+](Cc3ccccc3)cc2)C(=O)Nc2cc[n+](Cc3ccccc3)cc2)c1)C(=O)[O-]. The molecular weight excluding hydrogens is 620 g/mol. The number of anilines is 3. The van der Waals surface area contributed by atoms with Gasteiger partial charge in [0.2, 0.25) is 5.91 Å². The number of aliphatic carboxylic acids is 1. The van der Waals surface area contributed by atoms with Crippen molar-refractivity contribution in [1.82, 2.24) is 5.32 Å². The molecule has 5 rings (SSSR count). The second kappa shape index (κ2) is 17.9. The van der Waals surface area contributed by atoms with Gasteiger partial charge in [-0.1, -0.05) is 66.7 Å². The summed E-state index contributed by atoms with van der Waals surface area (Å²) >= 11 is 0. The van der Waals surface area contributed by atoms with Gasteiger partial charge in [-0.05, 0) is 25.5 Å². The van der Waals surface area contributed by atoms with E-state index in [1.165, 1.54) is 18.1 Å². The molecule has 0 aliphatic heterocycles. The molecule has 0 saturated carbocycles. The van der Waals surface area contributed by atoms with E-state index in [9.17, 15) is 14.7 Å². The van der Waals surface area contributed by atoms with Crippen LogP contribution in [-0.4, -0.2) is 37.3 Å². The zero-order valence-electron chi connectivity index (χ0n) is 27.3. The Hall–Kier alpha value is -5.78. The van der Waals surface area contributed by atoms with Crippen LogP contribution in [0.5, 0.6) is 5.75 Å². The normalized spacial score (nSPS) is 12.0. The van der Waals surface area contributed by atoms with Gasteiger partial charge in [0.1, 0.15) is 12.5 Å². The Bertz CT molecular complexity index is 1760. The fraction of sp³-hybridized carbons (Fsp3) is 0.211. The van der Waals surface area contributed by atoms with Crippen molar-refractivity contribution in [3.05, 3.63) is 145 Å². The first-order valence-electron chi connectivity index (χ1n) is 16.1. The molecule has 2 aromatic heterocycles. The van der Waals surface area contributed by atoms with Crippen molar-refractivity contribution in [2.75, 3.05) is 29.5 Å². The van der Waals surface area contributed by atoms with Crippen LogP contribution in [0, 0.1) is 0 Å². The maximum Gasteiger partial charge on any atom is 0.241 e. The summed E-state index contributed by atoms with van der Waals surface area (Å²) in [5.41, 5.74) is 7.37. The third-order valence-electron chi connectivity index (χ3n) is 7.62. The van der Waals surface area contributed by atoms with Gasteiger partial charge in [-0.15, -0.1) is 0 Å². The summed E-state index contributed by atoms with van der Waals surface area (Å²) in [6.07, 6.45) is 8.14. The lowest BCUT2D eigenvalue weighted by atomic mass is 10.2. The Morgan fingerprint density at radius 1 is 0.735 bits per heavy atom. The fourth-order valence-corrected chi connectivity index (χ4v) is 4.94. The fourth-order valence-electron chi connectivity index (χ4n) is 4.94. The van der Waals surface area contributed by atoms with Crippen LogP contribution in [0.4, 0.5) is 17.1 Å². The van der Waals surface area contributed by atoms with Crippen molar-refractivity contribution in [3.8, 4) is 5.75 Å². The van der Waals surface area contributed by atoms with Gasteiger partial charge in [0.05, 0.1) is 36.0 Å². The molecule has 0 aliphatic rings. The number of amides is 1. The van der Waals surface area contributed by atoms with Crippen LogP contribution in [0.25, 0.3) is 0 Å². The average Bonchev–Trinajstić information content (AvgIpc) is 3.12. The number of carbonyl (C=O) groups is 2. The van der Waals surface area contributed by atoms with Crippen molar-refractivity contribution in [2.45, 2.75) is 38.5 Å². The van der Waals surface area contributed by atoms with E-state index in [0.717, 1.165) is 18.8 Å². The predicted molar refractivity (Wildman–Crippen MR) is 184 cm³/mol. The minimum atomic E-state index is -1.21. The molecule has 5 aromatic rings. The quantitative estimate of drug-likeness (QED) is 0.0487. The van der Waals surface area contributed by atoms with Crippen molar-refractivity contribution in [1.29, 1.82) is 0 Å². The molecule has 0 aliphatic carbocycles. The summed E-state index contributed by atoms with van der Waals surface area (Å²) in [4.78, 5) is 30.3. The molecule has 0 saturated heterocycles. The minimum Gasteiger partial charge on any atom is -0.548 e. The van der Waals surface area contributed by atoms with Crippen LogP contribution in [0.15, 0.2) is 134 Å². The largest absolute Gasteiger partial charge is 0.548 e. The predicted octanol–water partition coefficient (Wildman–Crippen LogP) is 3.28.